The molecule has 0 bridgehead atoms. The number of nitrogens with zero attached hydrogens (tertiary/aromatic N) is 1. The van der Waals surface area contributed by atoms with Gasteiger partial charge in [-0.3, -0.25) is 9.78 Å². The number of hydrogen-bond donors (Lipinski definition) is 0. The van der Waals surface area contributed by atoms with Crippen LogP contribution in [0.2, 0.25) is 0 Å². The minimum Gasteiger partial charge on any atom is -0.289 e. The average molecular weight is 247 g/mol. The molecule has 0 radical (unpaired) electrons. The normalized spacial score (nSPS) is 10.6. The Bertz CT molecular complexity index is 757. The zero-order chi connectivity index (χ0) is 13.2. The van der Waals surface area contributed by atoms with E-state index in [0.717, 1.165) is 22.0 Å². The van der Waals surface area contributed by atoms with E-state index >= 15 is 0 Å². The third-order valence-corrected chi connectivity index (χ3v) is 3.28. The number of ketones is 1. The number of carbonyl (C=O) groups is 1. The lowest BCUT2D eigenvalue weighted by atomic mass is 9.96. The number of benzene rings is 2. The molecule has 3 aromatic rings. The summed E-state index contributed by atoms with van der Waals surface area (Å²) < 4.78 is 0. The summed E-state index contributed by atoms with van der Waals surface area (Å²) >= 11 is 0. The summed E-state index contributed by atoms with van der Waals surface area (Å²) in [6.07, 6.45) is 1.74. The van der Waals surface area contributed by atoms with Crippen molar-refractivity contribution in [3.05, 3.63) is 77.5 Å². The van der Waals surface area contributed by atoms with E-state index < -0.39 is 0 Å². The summed E-state index contributed by atoms with van der Waals surface area (Å²) in [6.45, 7) is 1.95. The van der Waals surface area contributed by atoms with Gasteiger partial charge in [0, 0.05) is 22.7 Å². The van der Waals surface area contributed by atoms with Crippen LogP contribution in [0.1, 0.15) is 21.5 Å². The molecule has 0 aliphatic rings. The second kappa shape index (κ2) is 4.65. The highest BCUT2D eigenvalue weighted by atomic mass is 16.1. The fraction of sp³-hybridized carbons (Fsp3) is 0.0588. The van der Waals surface area contributed by atoms with E-state index in [1.54, 1.807) is 6.20 Å². The average Bonchev–Trinajstić information content (AvgIpc) is 2.46. The van der Waals surface area contributed by atoms with Gasteiger partial charge in [0.1, 0.15) is 0 Å². The van der Waals surface area contributed by atoms with Crippen LogP contribution in [0.15, 0.2) is 60.8 Å². The maximum atomic E-state index is 12.7. The molecule has 0 fully saturated rings. The fourth-order valence-corrected chi connectivity index (χ4v) is 2.27. The Morgan fingerprint density at radius 2 is 1.68 bits per heavy atom. The first kappa shape index (κ1) is 11.6. The summed E-state index contributed by atoms with van der Waals surface area (Å²) in [5, 5.41) is 0.901. The fourth-order valence-electron chi connectivity index (χ4n) is 2.27. The highest BCUT2D eigenvalue weighted by Crippen LogP contribution is 2.21. The van der Waals surface area contributed by atoms with Crippen LogP contribution in [0.4, 0.5) is 0 Å². The van der Waals surface area contributed by atoms with Gasteiger partial charge >= 0.3 is 0 Å². The summed E-state index contributed by atoms with van der Waals surface area (Å²) in [6, 6.07) is 17.1. The van der Waals surface area contributed by atoms with E-state index in [0.29, 0.717) is 5.56 Å². The van der Waals surface area contributed by atoms with Crippen LogP contribution in [0, 0.1) is 6.92 Å². The molecule has 0 amide bonds. The van der Waals surface area contributed by atoms with E-state index in [2.05, 4.69) is 4.98 Å². The molecular weight excluding hydrogens is 234 g/mol. The number of pyridine rings is 1. The van der Waals surface area contributed by atoms with Gasteiger partial charge < -0.3 is 0 Å². The van der Waals surface area contributed by atoms with Gasteiger partial charge in [0.25, 0.3) is 0 Å². The predicted molar refractivity (Wildman–Crippen MR) is 76.4 cm³/mol. The highest BCUT2D eigenvalue weighted by Gasteiger charge is 2.13. The van der Waals surface area contributed by atoms with Crippen LogP contribution < -0.4 is 0 Å². The first-order valence-corrected chi connectivity index (χ1v) is 6.21. The first-order valence-electron chi connectivity index (χ1n) is 6.21. The number of aromatic nitrogens is 1. The lowest BCUT2D eigenvalue weighted by Crippen LogP contribution is -2.04. The van der Waals surface area contributed by atoms with Gasteiger partial charge in [0.2, 0.25) is 0 Å². The molecule has 0 unspecified atom stereocenters. The minimum absolute atomic E-state index is 0.0525. The second-order valence-corrected chi connectivity index (χ2v) is 4.52. The summed E-state index contributed by atoms with van der Waals surface area (Å²) in [4.78, 5) is 16.9. The number of hydrogen-bond acceptors (Lipinski definition) is 2. The molecule has 0 N–H and O–H groups in total. The van der Waals surface area contributed by atoms with Crippen molar-refractivity contribution in [1.82, 2.24) is 4.98 Å². The van der Waals surface area contributed by atoms with E-state index in [1.807, 2.05) is 61.5 Å². The van der Waals surface area contributed by atoms with Crippen molar-refractivity contribution in [1.29, 1.82) is 0 Å². The number of rotatable bonds is 2. The molecule has 0 saturated heterocycles. The summed E-state index contributed by atoms with van der Waals surface area (Å²) in [5.74, 6) is 0.0525. The van der Waals surface area contributed by atoms with Gasteiger partial charge in [0.15, 0.2) is 5.78 Å². The van der Waals surface area contributed by atoms with Crippen LogP contribution in [-0.4, -0.2) is 10.8 Å². The topological polar surface area (TPSA) is 30.0 Å². The zero-order valence-corrected chi connectivity index (χ0v) is 10.6. The predicted octanol–water partition coefficient (Wildman–Crippen LogP) is 3.77. The Labute approximate surface area is 111 Å². The third kappa shape index (κ3) is 2.02. The summed E-state index contributed by atoms with van der Waals surface area (Å²) in [7, 11) is 0. The molecule has 0 saturated carbocycles. The lowest BCUT2D eigenvalue weighted by molar-refractivity contribution is 0.103. The van der Waals surface area contributed by atoms with Crippen molar-refractivity contribution < 1.29 is 4.79 Å². The van der Waals surface area contributed by atoms with Crippen molar-refractivity contribution in [3.8, 4) is 0 Å². The van der Waals surface area contributed by atoms with E-state index in [9.17, 15) is 4.79 Å². The SMILES string of the molecule is Cc1ccccc1C(=O)c1cccc2ncccc12. The van der Waals surface area contributed by atoms with Gasteiger partial charge in [-0.05, 0) is 24.6 Å². The van der Waals surface area contributed by atoms with Gasteiger partial charge in [-0.25, -0.2) is 0 Å². The highest BCUT2D eigenvalue weighted by molar-refractivity contribution is 6.16. The molecule has 0 aliphatic carbocycles. The monoisotopic (exact) mass is 247 g/mol. The van der Waals surface area contributed by atoms with Crippen molar-refractivity contribution >= 4 is 16.7 Å². The largest absolute Gasteiger partial charge is 0.289 e. The Morgan fingerprint density at radius 3 is 2.53 bits per heavy atom. The maximum Gasteiger partial charge on any atom is 0.193 e. The van der Waals surface area contributed by atoms with Crippen molar-refractivity contribution in [2.75, 3.05) is 0 Å². The molecule has 3 rings (SSSR count). The molecule has 1 heterocycles. The number of aryl methyl sites for hydroxylation is 1. The quantitative estimate of drug-likeness (QED) is 0.645. The van der Waals surface area contributed by atoms with Crippen molar-refractivity contribution in [3.63, 3.8) is 0 Å². The van der Waals surface area contributed by atoms with Crippen LogP contribution in [0.5, 0.6) is 0 Å². The molecule has 2 aromatic carbocycles. The zero-order valence-electron chi connectivity index (χ0n) is 10.6. The molecule has 1 aromatic heterocycles. The van der Waals surface area contributed by atoms with Gasteiger partial charge in [-0.15, -0.1) is 0 Å². The smallest absolute Gasteiger partial charge is 0.193 e. The van der Waals surface area contributed by atoms with Crippen molar-refractivity contribution in [2.24, 2.45) is 0 Å². The number of carbonyl (C=O) groups excluding carboxylic acids is 1. The molecule has 2 nitrogen and oxygen atoms in total. The Kier molecular flexibility index (Phi) is 2.84. The van der Waals surface area contributed by atoms with Gasteiger partial charge in [-0.2, -0.15) is 0 Å². The van der Waals surface area contributed by atoms with Crippen LogP contribution in [0.25, 0.3) is 10.9 Å². The Morgan fingerprint density at radius 1 is 0.895 bits per heavy atom. The molecule has 0 spiro atoms. The maximum absolute atomic E-state index is 12.7. The second-order valence-electron chi connectivity index (χ2n) is 4.52. The lowest BCUT2D eigenvalue weighted by Gasteiger charge is -2.07. The van der Waals surface area contributed by atoms with E-state index in [1.165, 1.54) is 0 Å². The van der Waals surface area contributed by atoms with Crippen LogP contribution in [0.3, 0.4) is 0 Å². The Balaban J connectivity index is 2.20. The molecule has 0 atom stereocenters. The molecule has 19 heavy (non-hydrogen) atoms. The molecule has 92 valence electrons. The van der Waals surface area contributed by atoms with Crippen LogP contribution >= 0.6 is 0 Å². The standard InChI is InChI=1S/C17H13NO/c1-12-6-2-3-7-13(12)17(19)15-8-4-10-16-14(15)9-5-11-18-16/h2-11H,1H3. The summed E-state index contributed by atoms with van der Waals surface area (Å²) in [5.41, 5.74) is 3.30. The third-order valence-electron chi connectivity index (χ3n) is 3.28. The first-order chi connectivity index (χ1) is 9.27. The molecular formula is C17H13NO. The number of fused-ring (bicyclic) bond motifs is 1. The van der Waals surface area contributed by atoms with E-state index in [-0.39, 0.29) is 5.78 Å². The van der Waals surface area contributed by atoms with Gasteiger partial charge in [0.05, 0.1) is 5.52 Å². The van der Waals surface area contributed by atoms with Crippen LogP contribution in [-0.2, 0) is 0 Å². The molecule has 2 heteroatoms. The minimum atomic E-state index is 0.0525. The van der Waals surface area contributed by atoms with Crippen molar-refractivity contribution in [2.45, 2.75) is 6.92 Å². The van der Waals surface area contributed by atoms with E-state index in [4.69, 9.17) is 0 Å². The molecule has 0 aliphatic heterocycles. The Hall–Kier alpha value is -2.48. The van der Waals surface area contributed by atoms with Gasteiger partial charge in [-0.1, -0.05) is 42.5 Å².